The molecule has 6 nitrogen and oxygen atoms in total. The Hall–Kier alpha value is -1.92. The second kappa shape index (κ2) is 8.51. The number of aliphatic imine (C=N–C) groups is 1. The van der Waals surface area contributed by atoms with Crippen molar-refractivity contribution in [1.29, 1.82) is 0 Å². The van der Waals surface area contributed by atoms with E-state index in [0.717, 1.165) is 18.4 Å². The molecular weight excluding hydrogens is 280 g/mol. The number of hydrogen-bond donors (Lipinski definition) is 4. The normalized spacial score (nSPS) is 14.6. The van der Waals surface area contributed by atoms with Gasteiger partial charge in [0.1, 0.15) is 5.84 Å². The van der Waals surface area contributed by atoms with Crippen molar-refractivity contribution in [2.75, 3.05) is 0 Å². The Kier molecular flexibility index (Phi) is 7.01. The fraction of sp³-hybridized carbons (Fsp3) is 0.500. The SMILES string of the molecule is CCCC(CC(C)N=C(N)c1cc(C)ccc1C(N)=O)NO. The van der Waals surface area contributed by atoms with Gasteiger partial charge in [-0.2, -0.15) is 0 Å². The van der Waals surface area contributed by atoms with Gasteiger partial charge in [0.25, 0.3) is 0 Å². The Morgan fingerprint density at radius 1 is 1.36 bits per heavy atom. The molecule has 0 heterocycles. The number of hydroxylamine groups is 1. The molecule has 6 N–H and O–H groups in total. The van der Waals surface area contributed by atoms with E-state index in [9.17, 15) is 4.79 Å². The number of amidine groups is 1. The summed E-state index contributed by atoms with van der Waals surface area (Å²) in [5.41, 5.74) is 15.6. The van der Waals surface area contributed by atoms with E-state index >= 15 is 0 Å². The summed E-state index contributed by atoms with van der Waals surface area (Å²) in [5.74, 6) is -0.236. The third kappa shape index (κ3) is 5.13. The average Bonchev–Trinajstić information content (AvgIpc) is 2.46. The molecule has 0 saturated carbocycles. The Morgan fingerprint density at radius 2 is 2.05 bits per heavy atom. The van der Waals surface area contributed by atoms with Crippen LogP contribution in [0.2, 0.25) is 0 Å². The summed E-state index contributed by atoms with van der Waals surface area (Å²) < 4.78 is 0. The van der Waals surface area contributed by atoms with Crippen LogP contribution in [0.3, 0.4) is 0 Å². The molecule has 0 aromatic heterocycles. The number of benzene rings is 1. The summed E-state index contributed by atoms with van der Waals surface area (Å²) in [4.78, 5) is 15.9. The van der Waals surface area contributed by atoms with Crippen molar-refractivity contribution in [3.63, 3.8) is 0 Å². The molecule has 0 bridgehead atoms. The Bertz CT molecular complexity index is 543. The van der Waals surface area contributed by atoms with Crippen LogP contribution in [0, 0.1) is 6.92 Å². The number of nitrogens with two attached hydrogens (primary N) is 2. The lowest BCUT2D eigenvalue weighted by atomic mass is 10.0. The average molecular weight is 306 g/mol. The van der Waals surface area contributed by atoms with Crippen molar-refractivity contribution < 1.29 is 10.0 Å². The van der Waals surface area contributed by atoms with Crippen molar-refractivity contribution in [2.45, 2.75) is 52.1 Å². The van der Waals surface area contributed by atoms with Gasteiger partial charge in [0, 0.05) is 11.6 Å². The van der Waals surface area contributed by atoms with Gasteiger partial charge in [0.2, 0.25) is 5.91 Å². The van der Waals surface area contributed by atoms with Gasteiger partial charge >= 0.3 is 0 Å². The highest BCUT2D eigenvalue weighted by molar-refractivity contribution is 6.08. The van der Waals surface area contributed by atoms with Crippen molar-refractivity contribution in [2.24, 2.45) is 16.5 Å². The molecule has 0 spiro atoms. The maximum atomic E-state index is 11.5. The first-order valence-electron chi connectivity index (χ1n) is 7.52. The topological polar surface area (TPSA) is 114 Å². The zero-order chi connectivity index (χ0) is 16.7. The van der Waals surface area contributed by atoms with Crippen LogP contribution in [0.5, 0.6) is 0 Å². The lowest BCUT2D eigenvalue weighted by Gasteiger charge is -2.17. The second-order valence-corrected chi connectivity index (χ2v) is 5.63. The summed E-state index contributed by atoms with van der Waals surface area (Å²) >= 11 is 0. The van der Waals surface area contributed by atoms with Crippen LogP contribution in [-0.2, 0) is 0 Å². The van der Waals surface area contributed by atoms with Crippen molar-refractivity contribution >= 4 is 11.7 Å². The molecule has 6 heteroatoms. The second-order valence-electron chi connectivity index (χ2n) is 5.63. The lowest BCUT2D eigenvalue weighted by molar-refractivity contribution is 0.1000. The molecule has 0 aliphatic rings. The summed E-state index contributed by atoms with van der Waals surface area (Å²) in [6.07, 6.45) is 2.48. The van der Waals surface area contributed by atoms with Crippen LogP contribution in [-0.4, -0.2) is 29.0 Å². The zero-order valence-corrected chi connectivity index (χ0v) is 13.5. The highest BCUT2D eigenvalue weighted by atomic mass is 16.5. The van der Waals surface area contributed by atoms with Crippen molar-refractivity contribution in [1.82, 2.24) is 5.48 Å². The molecule has 0 saturated heterocycles. The molecule has 1 aromatic rings. The van der Waals surface area contributed by atoms with Gasteiger partial charge in [-0.3, -0.25) is 9.79 Å². The van der Waals surface area contributed by atoms with Crippen LogP contribution in [0.25, 0.3) is 0 Å². The van der Waals surface area contributed by atoms with Crippen LogP contribution < -0.4 is 16.9 Å². The minimum Gasteiger partial charge on any atom is -0.383 e. The van der Waals surface area contributed by atoms with E-state index in [1.807, 2.05) is 19.9 Å². The maximum absolute atomic E-state index is 11.5. The van der Waals surface area contributed by atoms with Crippen molar-refractivity contribution in [3.05, 3.63) is 34.9 Å². The maximum Gasteiger partial charge on any atom is 0.249 e. The fourth-order valence-corrected chi connectivity index (χ4v) is 2.44. The largest absolute Gasteiger partial charge is 0.383 e. The van der Waals surface area contributed by atoms with E-state index in [2.05, 4.69) is 17.4 Å². The molecule has 0 aliphatic heterocycles. The zero-order valence-electron chi connectivity index (χ0n) is 13.5. The predicted octanol–water partition coefficient (Wildman–Crippen LogP) is 1.73. The first-order valence-corrected chi connectivity index (χ1v) is 7.52. The smallest absolute Gasteiger partial charge is 0.249 e. The quantitative estimate of drug-likeness (QED) is 0.332. The molecule has 2 atom stereocenters. The Balaban J connectivity index is 2.96. The lowest BCUT2D eigenvalue weighted by Crippen LogP contribution is -2.30. The monoisotopic (exact) mass is 306 g/mol. The number of carbonyl (C=O) groups is 1. The van der Waals surface area contributed by atoms with Crippen LogP contribution in [0.15, 0.2) is 23.2 Å². The molecule has 1 aromatic carbocycles. The van der Waals surface area contributed by atoms with Gasteiger partial charge in [0.15, 0.2) is 0 Å². The van der Waals surface area contributed by atoms with E-state index in [1.165, 1.54) is 0 Å². The molecule has 22 heavy (non-hydrogen) atoms. The molecule has 1 rings (SSSR count). The molecule has 2 unspecified atom stereocenters. The van der Waals surface area contributed by atoms with Crippen molar-refractivity contribution in [3.8, 4) is 0 Å². The first kappa shape index (κ1) is 18.1. The Morgan fingerprint density at radius 3 is 2.59 bits per heavy atom. The number of rotatable bonds is 8. The predicted molar refractivity (Wildman–Crippen MR) is 88.1 cm³/mol. The summed E-state index contributed by atoms with van der Waals surface area (Å²) in [7, 11) is 0. The number of primary amides is 1. The number of aryl methyl sites for hydroxylation is 1. The van der Waals surface area contributed by atoms with E-state index in [-0.39, 0.29) is 17.9 Å². The summed E-state index contributed by atoms with van der Waals surface area (Å²) in [6, 6.07) is 5.17. The molecular formula is C16H26N4O2. The summed E-state index contributed by atoms with van der Waals surface area (Å²) in [5, 5.41) is 9.12. The minimum absolute atomic E-state index is 0.0235. The van der Waals surface area contributed by atoms with Gasteiger partial charge in [0.05, 0.1) is 11.6 Å². The molecule has 0 fully saturated rings. The third-order valence-corrected chi connectivity index (χ3v) is 3.52. The van der Waals surface area contributed by atoms with Gasteiger partial charge in [-0.1, -0.05) is 25.0 Å². The number of carbonyl (C=O) groups excluding carboxylic acids is 1. The highest BCUT2D eigenvalue weighted by Gasteiger charge is 2.15. The van der Waals surface area contributed by atoms with E-state index in [0.29, 0.717) is 17.5 Å². The Labute approximate surface area is 131 Å². The van der Waals surface area contributed by atoms with Crippen LogP contribution in [0.1, 0.15) is 54.6 Å². The molecule has 0 aliphatic carbocycles. The third-order valence-electron chi connectivity index (χ3n) is 3.52. The molecule has 0 radical (unpaired) electrons. The van der Waals surface area contributed by atoms with E-state index < -0.39 is 5.91 Å². The number of amides is 1. The number of hydrogen-bond acceptors (Lipinski definition) is 4. The van der Waals surface area contributed by atoms with E-state index in [1.54, 1.807) is 12.1 Å². The van der Waals surface area contributed by atoms with E-state index in [4.69, 9.17) is 16.7 Å². The number of nitrogens with one attached hydrogen (secondary N) is 1. The van der Waals surface area contributed by atoms with Gasteiger partial charge in [-0.25, -0.2) is 5.48 Å². The van der Waals surface area contributed by atoms with Crippen LogP contribution in [0.4, 0.5) is 0 Å². The highest BCUT2D eigenvalue weighted by Crippen LogP contribution is 2.13. The standard InChI is InChI=1S/C16H26N4O2/c1-4-5-12(20-22)9-11(3)19-15(17)14-8-10(2)6-7-13(14)16(18)21/h6-8,11-12,20,22H,4-5,9H2,1-3H3,(H2,17,19)(H2,18,21). The van der Waals surface area contributed by atoms with Crippen LogP contribution >= 0.6 is 0 Å². The number of nitrogens with zero attached hydrogens (tertiary/aromatic N) is 1. The van der Waals surface area contributed by atoms with Gasteiger partial charge in [-0.15, -0.1) is 0 Å². The minimum atomic E-state index is -0.526. The van der Waals surface area contributed by atoms with Gasteiger partial charge in [-0.05, 0) is 38.8 Å². The first-order chi connectivity index (χ1) is 10.4. The molecule has 122 valence electrons. The van der Waals surface area contributed by atoms with Gasteiger partial charge < -0.3 is 16.7 Å². The fourth-order valence-electron chi connectivity index (χ4n) is 2.44. The molecule has 1 amide bonds. The summed E-state index contributed by atoms with van der Waals surface area (Å²) in [6.45, 7) is 5.89.